The number of carboxylic acids is 1. The van der Waals surface area contributed by atoms with E-state index in [-0.39, 0.29) is 13.0 Å². The lowest BCUT2D eigenvalue weighted by Gasteiger charge is -2.06. The molecule has 0 bridgehead atoms. The maximum absolute atomic E-state index is 11.5. The van der Waals surface area contributed by atoms with Crippen LogP contribution in [0.15, 0.2) is 54.6 Å². The van der Waals surface area contributed by atoms with Crippen LogP contribution in [0.25, 0.3) is 0 Å². The van der Waals surface area contributed by atoms with E-state index >= 15 is 0 Å². The molecule has 0 fully saturated rings. The third-order valence-electron chi connectivity index (χ3n) is 2.68. The highest BCUT2D eigenvalue weighted by molar-refractivity contribution is 5.70. The molecule has 0 atom stereocenters. The Hall–Kier alpha value is -2.82. The highest BCUT2D eigenvalue weighted by Gasteiger charge is 2.07. The molecule has 0 aliphatic carbocycles. The van der Waals surface area contributed by atoms with Crippen LogP contribution in [0.5, 0.6) is 5.75 Å². The van der Waals surface area contributed by atoms with Crippen LogP contribution in [0.1, 0.15) is 11.1 Å². The standard InChI is InChI=1S/C16H14O5/c17-15(18)10-12-6-8-14(9-7-12)21-16(19)20-11-13-4-2-1-3-5-13/h1-9H,10-11H2,(H,17,18). The maximum atomic E-state index is 11.5. The summed E-state index contributed by atoms with van der Waals surface area (Å²) in [4.78, 5) is 22.1. The Bertz CT molecular complexity index is 604. The summed E-state index contributed by atoms with van der Waals surface area (Å²) in [6.07, 6.45) is -0.872. The molecule has 1 N–H and O–H groups in total. The summed E-state index contributed by atoms with van der Waals surface area (Å²) in [7, 11) is 0. The first kappa shape index (κ1) is 14.6. The fourth-order valence-electron chi connectivity index (χ4n) is 1.69. The Kier molecular flexibility index (Phi) is 4.93. The number of carboxylic acid groups (broad SMARTS) is 1. The zero-order chi connectivity index (χ0) is 15.1. The Morgan fingerprint density at radius 3 is 2.19 bits per heavy atom. The largest absolute Gasteiger partial charge is 0.514 e. The molecule has 0 heterocycles. The second-order valence-electron chi connectivity index (χ2n) is 4.34. The smallest absolute Gasteiger partial charge is 0.481 e. The van der Waals surface area contributed by atoms with E-state index in [1.165, 1.54) is 12.1 Å². The average molecular weight is 286 g/mol. The van der Waals surface area contributed by atoms with Gasteiger partial charge in [-0.15, -0.1) is 0 Å². The molecule has 108 valence electrons. The summed E-state index contributed by atoms with van der Waals surface area (Å²) < 4.78 is 9.96. The molecule has 0 aliphatic heterocycles. The van der Waals surface area contributed by atoms with Gasteiger partial charge in [-0.2, -0.15) is 0 Å². The summed E-state index contributed by atoms with van der Waals surface area (Å²) >= 11 is 0. The number of carbonyl (C=O) groups excluding carboxylic acids is 1. The van der Waals surface area contributed by atoms with Gasteiger partial charge in [0.05, 0.1) is 6.42 Å². The summed E-state index contributed by atoms with van der Waals surface area (Å²) in [5, 5.41) is 8.65. The van der Waals surface area contributed by atoms with Crippen LogP contribution in [-0.4, -0.2) is 17.2 Å². The van der Waals surface area contributed by atoms with E-state index in [0.29, 0.717) is 11.3 Å². The lowest BCUT2D eigenvalue weighted by Crippen LogP contribution is -2.10. The van der Waals surface area contributed by atoms with Gasteiger partial charge in [-0.1, -0.05) is 42.5 Å². The van der Waals surface area contributed by atoms with Gasteiger partial charge < -0.3 is 14.6 Å². The van der Waals surface area contributed by atoms with Crippen LogP contribution < -0.4 is 4.74 Å². The Morgan fingerprint density at radius 2 is 1.57 bits per heavy atom. The third-order valence-corrected chi connectivity index (χ3v) is 2.68. The summed E-state index contributed by atoms with van der Waals surface area (Å²) in [6.45, 7) is 0.136. The van der Waals surface area contributed by atoms with Gasteiger partial charge in [0.25, 0.3) is 0 Å². The van der Waals surface area contributed by atoms with Crippen molar-refractivity contribution in [3.8, 4) is 5.75 Å². The van der Waals surface area contributed by atoms with Crippen LogP contribution in [-0.2, 0) is 22.6 Å². The molecule has 21 heavy (non-hydrogen) atoms. The second-order valence-corrected chi connectivity index (χ2v) is 4.34. The molecular weight excluding hydrogens is 272 g/mol. The monoisotopic (exact) mass is 286 g/mol. The first-order valence-corrected chi connectivity index (χ1v) is 6.33. The Balaban J connectivity index is 1.83. The maximum Gasteiger partial charge on any atom is 0.514 e. The lowest BCUT2D eigenvalue weighted by atomic mass is 10.1. The van der Waals surface area contributed by atoms with E-state index in [2.05, 4.69) is 0 Å². The van der Waals surface area contributed by atoms with E-state index in [4.69, 9.17) is 14.6 Å². The first-order chi connectivity index (χ1) is 10.1. The molecule has 0 saturated heterocycles. The van der Waals surface area contributed by atoms with E-state index < -0.39 is 12.1 Å². The lowest BCUT2D eigenvalue weighted by molar-refractivity contribution is -0.136. The fourth-order valence-corrected chi connectivity index (χ4v) is 1.69. The molecule has 0 radical (unpaired) electrons. The van der Waals surface area contributed by atoms with E-state index in [1.54, 1.807) is 12.1 Å². The number of benzene rings is 2. The van der Waals surface area contributed by atoms with Crippen molar-refractivity contribution in [3.05, 3.63) is 65.7 Å². The van der Waals surface area contributed by atoms with Gasteiger partial charge in [-0.25, -0.2) is 4.79 Å². The zero-order valence-corrected chi connectivity index (χ0v) is 11.2. The molecule has 0 aromatic heterocycles. The molecule has 2 aromatic carbocycles. The minimum atomic E-state index is -0.911. The summed E-state index contributed by atoms with van der Waals surface area (Å²) in [5.74, 6) is -0.604. The number of hydrogen-bond donors (Lipinski definition) is 1. The SMILES string of the molecule is O=C(O)Cc1ccc(OC(=O)OCc2ccccc2)cc1. The van der Waals surface area contributed by atoms with Gasteiger partial charge in [0.2, 0.25) is 0 Å². The van der Waals surface area contributed by atoms with Crippen molar-refractivity contribution in [2.75, 3.05) is 0 Å². The van der Waals surface area contributed by atoms with Crippen LogP contribution in [0.4, 0.5) is 4.79 Å². The van der Waals surface area contributed by atoms with Gasteiger partial charge in [0, 0.05) is 0 Å². The average Bonchev–Trinajstić information content (AvgIpc) is 2.48. The molecule has 0 spiro atoms. The van der Waals surface area contributed by atoms with Crippen LogP contribution in [0.2, 0.25) is 0 Å². The van der Waals surface area contributed by atoms with E-state index in [9.17, 15) is 9.59 Å². The first-order valence-electron chi connectivity index (χ1n) is 6.33. The number of hydrogen-bond acceptors (Lipinski definition) is 4. The van der Waals surface area contributed by atoms with Crippen LogP contribution in [0.3, 0.4) is 0 Å². The van der Waals surface area contributed by atoms with Crippen LogP contribution >= 0.6 is 0 Å². The van der Waals surface area contributed by atoms with Crippen molar-refractivity contribution >= 4 is 12.1 Å². The Labute approximate surface area is 121 Å². The number of ether oxygens (including phenoxy) is 2. The Morgan fingerprint density at radius 1 is 0.905 bits per heavy atom. The van der Waals surface area contributed by atoms with Gasteiger partial charge in [-0.3, -0.25) is 4.79 Å². The predicted molar refractivity (Wildman–Crippen MR) is 75.0 cm³/mol. The predicted octanol–water partition coefficient (Wildman–Crippen LogP) is 3.03. The van der Waals surface area contributed by atoms with Crippen molar-refractivity contribution in [2.45, 2.75) is 13.0 Å². The van der Waals surface area contributed by atoms with Crippen molar-refractivity contribution in [2.24, 2.45) is 0 Å². The quantitative estimate of drug-likeness (QED) is 0.675. The zero-order valence-electron chi connectivity index (χ0n) is 11.2. The van der Waals surface area contributed by atoms with Gasteiger partial charge in [0.1, 0.15) is 12.4 Å². The minimum Gasteiger partial charge on any atom is -0.481 e. The van der Waals surface area contributed by atoms with Crippen molar-refractivity contribution in [1.29, 1.82) is 0 Å². The topological polar surface area (TPSA) is 72.8 Å². The van der Waals surface area contributed by atoms with Gasteiger partial charge in [0.15, 0.2) is 0 Å². The number of carbonyl (C=O) groups is 2. The molecular formula is C16H14O5. The summed E-state index contributed by atoms with van der Waals surface area (Å²) in [6, 6.07) is 15.5. The number of rotatable bonds is 5. The highest BCUT2D eigenvalue weighted by Crippen LogP contribution is 2.14. The van der Waals surface area contributed by atoms with Crippen molar-refractivity contribution < 1.29 is 24.2 Å². The number of aliphatic carboxylic acids is 1. The molecule has 5 nitrogen and oxygen atoms in total. The molecule has 0 aliphatic rings. The highest BCUT2D eigenvalue weighted by atomic mass is 16.7. The van der Waals surface area contributed by atoms with Crippen LogP contribution in [0, 0.1) is 0 Å². The molecule has 2 rings (SSSR count). The van der Waals surface area contributed by atoms with Crippen molar-refractivity contribution in [3.63, 3.8) is 0 Å². The third kappa shape index (κ3) is 4.99. The molecule has 5 heteroatoms. The van der Waals surface area contributed by atoms with Crippen molar-refractivity contribution in [1.82, 2.24) is 0 Å². The molecule has 0 amide bonds. The second kappa shape index (κ2) is 7.09. The minimum absolute atomic E-state index is 0.0707. The van der Waals surface area contributed by atoms with E-state index in [0.717, 1.165) is 5.56 Å². The molecule has 0 saturated carbocycles. The summed E-state index contributed by atoms with van der Waals surface area (Å²) in [5.41, 5.74) is 1.50. The molecule has 0 unspecified atom stereocenters. The van der Waals surface area contributed by atoms with Gasteiger partial charge >= 0.3 is 12.1 Å². The normalized spacial score (nSPS) is 9.90. The molecule has 2 aromatic rings. The van der Waals surface area contributed by atoms with Gasteiger partial charge in [-0.05, 0) is 23.3 Å². The van der Waals surface area contributed by atoms with E-state index in [1.807, 2.05) is 30.3 Å². The fraction of sp³-hybridized carbons (Fsp3) is 0.125.